The SMILES string of the molecule is C/C=C\CCC1C(=O)CCC1CC(=O)OC. The Morgan fingerprint density at radius 2 is 2.31 bits per heavy atom. The second kappa shape index (κ2) is 6.46. The summed E-state index contributed by atoms with van der Waals surface area (Å²) in [6, 6.07) is 0. The molecule has 0 aromatic carbocycles. The molecule has 3 nitrogen and oxygen atoms in total. The molecule has 0 N–H and O–H groups in total. The zero-order valence-electron chi connectivity index (χ0n) is 10.1. The van der Waals surface area contributed by atoms with Crippen molar-refractivity contribution in [3.05, 3.63) is 12.2 Å². The normalized spacial score (nSPS) is 25.2. The van der Waals surface area contributed by atoms with Crippen LogP contribution in [0.5, 0.6) is 0 Å². The molecule has 0 saturated heterocycles. The van der Waals surface area contributed by atoms with Crippen LogP contribution in [0.1, 0.15) is 39.0 Å². The van der Waals surface area contributed by atoms with E-state index in [1.54, 1.807) is 0 Å². The number of methoxy groups -OCH3 is 1. The lowest BCUT2D eigenvalue weighted by molar-refractivity contribution is -0.142. The summed E-state index contributed by atoms with van der Waals surface area (Å²) in [6.45, 7) is 1.97. The van der Waals surface area contributed by atoms with Crippen molar-refractivity contribution in [2.45, 2.75) is 39.0 Å². The average Bonchev–Trinajstić information content (AvgIpc) is 2.61. The number of ether oxygens (including phenoxy) is 1. The molecule has 1 aliphatic carbocycles. The molecule has 1 fully saturated rings. The van der Waals surface area contributed by atoms with Crippen molar-refractivity contribution in [3.8, 4) is 0 Å². The van der Waals surface area contributed by atoms with Gasteiger partial charge in [-0.05, 0) is 32.1 Å². The monoisotopic (exact) mass is 224 g/mol. The van der Waals surface area contributed by atoms with Crippen molar-refractivity contribution in [3.63, 3.8) is 0 Å². The third-order valence-corrected chi connectivity index (χ3v) is 3.28. The molecule has 0 aromatic rings. The quantitative estimate of drug-likeness (QED) is 0.532. The third kappa shape index (κ3) is 3.47. The summed E-state index contributed by atoms with van der Waals surface area (Å²) in [5.41, 5.74) is 0. The molecule has 0 amide bonds. The molecule has 0 radical (unpaired) electrons. The number of rotatable bonds is 5. The van der Waals surface area contributed by atoms with Crippen LogP contribution < -0.4 is 0 Å². The fourth-order valence-corrected chi connectivity index (χ4v) is 2.36. The molecule has 1 aliphatic rings. The van der Waals surface area contributed by atoms with Gasteiger partial charge in [0.1, 0.15) is 5.78 Å². The second-order valence-corrected chi connectivity index (χ2v) is 4.30. The Balaban J connectivity index is 2.48. The largest absolute Gasteiger partial charge is 0.469 e. The van der Waals surface area contributed by atoms with Crippen molar-refractivity contribution in [2.75, 3.05) is 7.11 Å². The summed E-state index contributed by atoms with van der Waals surface area (Å²) in [4.78, 5) is 22.9. The highest BCUT2D eigenvalue weighted by Crippen LogP contribution is 2.34. The Labute approximate surface area is 96.9 Å². The molecule has 1 rings (SSSR count). The van der Waals surface area contributed by atoms with Crippen molar-refractivity contribution in [1.29, 1.82) is 0 Å². The number of carbonyl (C=O) groups excluding carboxylic acids is 2. The predicted molar refractivity (Wildman–Crippen MR) is 61.9 cm³/mol. The minimum Gasteiger partial charge on any atom is -0.469 e. The summed E-state index contributed by atoms with van der Waals surface area (Å²) in [7, 11) is 1.40. The number of carbonyl (C=O) groups is 2. The molecule has 16 heavy (non-hydrogen) atoms. The van der Waals surface area contributed by atoms with E-state index in [2.05, 4.69) is 10.8 Å². The molecule has 0 aliphatic heterocycles. The van der Waals surface area contributed by atoms with Gasteiger partial charge in [0.2, 0.25) is 0 Å². The highest BCUT2D eigenvalue weighted by Gasteiger charge is 2.35. The molecular formula is C13H20O3. The van der Waals surface area contributed by atoms with Crippen molar-refractivity contribution < 1.29 is 14.3 Å². The van der Waals surface area contributed by atoms with E-state index in [1.165, 1.54) is 7.11 Å². The first-order chi connectivity index (χ1) is 7.69. The van der Waals surface area contributed by atoms with E-state index in [4.69, 9.17) is 0 Å². The van der Waals surface area contributed by atoms with Crippen molar-refractivity contribution >= 4 is 11.8 Å². The van der Waals surface area contributed by atoms with Gasteiger partial charge < -0.3 is 4.74 Å². The van der Waals surface area contributed by atoms with Crippen LogP contribution in [-0.4, -0.2) is 18.9 Å². The number of hydrogen-bond donors (Lipinski definition) is 0. The summed E-state index contributed by atoms with van der Waals surface area (Å²) >= 11 is 0. The van der Waals surface area contributed by atoms with Gasteiger partial charge in [0, 0.05) is 18.8 Å². The Morgan fingerprint density at radius 1 is 1.56 bits per heavy atom. The number of esters is 1. The lowest BCUT2D eigenvalue weighted by Crippen LogP contribution is -2.18. The van der Waals surface area contributed by atoms with E-state index in [1.807, 2.05) is 13.0 Å². The van der Waals surface area contributed by atoms with E-state index in [0.717, 1.165) is 19.3 Å². The zero-order chi connectivity index (χ0) is 12.0. The van der Waals surface area contributed by atoms with Gasteiger partial charge >= 0.3 is 5.97 Å². The van der Waals surface area contributed by atoms with E-state index in [-0.39, 0.29) is 17.8 Å². The Morgan fingerprint density at radius 3 is 2.94 bits per heavy atom. The summed E-state index contributed by atoms with van der Waals surface area (Å²) in [6.07, 6.45) is 7.71. The van der Waals surface area contributed by atoms with Crippen LogP contribution in [0.4, 0.5) is 0 Å². The predicted octanol–water partition coefficient (Wildman–Crippen LogP) is 2.50. The van der Waals surface area contributed by atoms with E-state index in [0.29, 0.717) is 18.6 Å². The Bertz CT molecular complexity index is 281. The van der Waals surface area contributed by atoms with Gasteiger partial charge in [0.15, 0.2) is 0 Å². The topological polar surface area (TPSA) is 43.4 Å². The Hall–Kier alpha value is -1.12. The first-order valence-electron chi connectivity index (χ1n) is 5.89. The van der Waals surface area contributed by atoms with Gasteiger partial charge in [-0.25, -0.2) is 0 Å². The molecule has 90 valence electrons. The van der Waals surface area contributed by atoms with Crippen LogP contribution in [0.2, 0.25) is 0 Å². The molecule has 1 saturated carbocycles. The first kappa shape index (κ1) is 12.9. The maximum absolute atomic E-state index is 11.7. The lowest BCUT2D eigenvalue weighted by Gasteiger charge is -2.16. The zero-order valence-corrected chi connectivity index (χ0v) is 10.1. The van der Waals surface area contributed by atoms with Crippen LogP contribution in [0.3, 0.4) is 0 Å². The minimum absolute atomic E-state index is 0.0651. The Kier molecular flexibility index (Phi) is 5.23. The fraction of sp³-hybridized carbons (Fsp3) is 0.692. The van der Waals surface area contributed by atoms with E-state index in [9.17, 15) is 9.59 Å². The molecule has 0 bridgehead atoms. The summed E-state index contributed by atoms with van der Waals surface area (Å²) < 4.78 is 4.66. The molecule has 2 atom stereocenters. The maximum Gasteiger partial charge on any atom is 0.305 e. The minimum atomic E-state index is -0.198. The van der Waals surface area contributed by atoms with Gasteiger partial charge in [-0.15, -0.1) is 0 Å². The number of ketones is 1. The molecular weight excluding hydrogens is 204 g/mol. The summed E-state index contributed by atoms with van der Waals surface area (Å²) in [5, 5.41) is 0. The number of allylic oxidation sites excluding steroid dienone is 2. The lowest BCUT2D eigenvalue weighted by atomic mass is 9.88. The highest BCUT2D eigenvalue weighted by atomic mass is 16.5. The second-order valence-electron chi connectivity index (χ2n) is 4.30. The average molecular weight is 224 g/mol. The number of Topliss-reactive ketones (excluding diaryl/α,β-unsaturated/α-hetero) is 1. The molecule has 3 heteroatoms. The van der Waals surface area contributed by atoms with Crippen LogP contribution in [0.15, 0.2) is 12.2 Å². The molecule has 0 spiro atoms. The van der Waals surface area contributed by atoms with Gasteiger partial charge in [0.05, 0.1) is 7.11 Å². The van der Waals surface area contributed by atoms with Crippen LogP contribution in [0.25, 0.3) is 0 Å². The van der Waals surface area contributed by atoms with E-state index >= 15 is 0 Å². The van der Waals surface area contributed by atoms with Gasteiger partial charge in [-0.1, -0.05) is 12.2 Å². The van der Waals surface area contributed by atoms with Gasteiger partial charge in [-0.3, -0.25) is 9.59 Å². The highest BCUT2D eigenvalue weighted by molar-refractivity contribution is 5.84. The smallest absolute Gasteiger partial charge is 0.305 e. The van der Waals surface area contributed by atoms with Crippen molar-refractivity contribution in [1.82, 2.24) is 0 Å². The number of hydrogen-bond acceptors (Lipinski definition) is 3. The maximum atomic E-state index is 11.7. The fourth-order valence-electron chi connectivity index (χ4n) is 2.36. The molecule has 0 aromatic heterocycles. The van der Waals surface area contributed by atoms with Crippen LogP contribution in [-0.2, 0) is 14.3 Å². The summed E-state index contributed by atoms with van der Waals surface area (Å²) in [5.74, 6) is 0.384. The van der Waals surface area contributed by atoms with Gasteiger partial charge in [0.25, 0.3) is 0 Å². The first-order valence-corrected chi connectivity index (χ1v) is 5.89. The van der Waals surface area contributed by atoms with E-state index < -0.39 is 0 Å². The molecule has 0 heterocycles. The van der Waals surface area contributed by atoms with Crippen LogP contribution in [0, 0.1) is 11.8 Å². The molecule has 2 unspecified atom stereocenters. The van der Waals surface area contributed by atoms with Gasteiger partial charge in [-0.2, -0.15) is 0 Å². The van der Waals surface area contributed by atoms with Crippen LogP contribution >= 0.6 is 0 Å². The van der Waals surface area contributed by atoms with Crippen molar-refractivity contribution in [2.24, 2.45) is 11.8 Å². The third-order valence-electron chi connectivity index (χ3n) is 3.28. The standard InChI is InChI=1S/C13H20O3/c1-3-4-5-6-11-10(7-8-12(11)14)9-13(15)16-2/h3-4,10-11H,5-9H2,1-2H3/b4-3-.